The van der Waals surface area contributed by atoms with Gasteiger partial charge >= 0.3 is 0 Å². The first-order valence-electron chi connectivity index (χ1n) is 5.19. The van der Waals surface area contributed by atoms with Crippen molar-refractivity contribution in [3.8, 4) is 0 Å². The molecule has 1 aromatic carbocycles. The summed E-state index contributed by atoms with van der Waals surface area (Å²) >= 11 is 5.24. The number of thiophene rings is 1. The molecule has 1 nitrogen and oxygen atoms in total. The van der Waals surface area contributed by atoms with Crippen LogP contribution in [0.2, 0.25) is 0 Å². The highest BCUT2D eigenvalue weighted by atomic mass is 79.9. The van der Waals surface area contributed by atoms with Gasteiger partial charge in [0.15, 0.2) is 0 Å². The van der Waals surface area contributed by atoms with Gasteiger partial charge in [-0.2, -0.15) is 0 Å². The number of benzene rings is 1. The van der Waals surface area contributed by atoms with Crippen molar-refractivity contribution in [1.29, 1.82) is 0 Å². The van der Waals surface area contributed by atoms with Crippen LogP contribution in [0, 0.1) is 6.92 Å². The Morgan fingerprint density at radius 2 is 2.06 bits per heavy atom. The van der Waals surface area contributed by atoms with Crippen LogP contribution in [0.25, 0.3) is 0 Å². The molecule has 1 heterocycles. The molecule has 0 aliphatic rings. The monoisotopic (exact) mass is 295 g/mol. The Bertz CT molecular complexity index is 478. The van der Waals surface area contributed by atoms with Gasteiger partial charge in [0, 0.05) is 0 Å². The lowest BCUT2D eigenvalue weighted by atomic mass is 9.97. The first-order chi connectivity index (χ1) is 7.72. The fourth-order valence-electron chi connectivity index (χ4n) is 1.89. The van der Waals surface area contributed by atoms with E-state index in [1.807, 2.05) is 7.05 Å². The van der Waals surface area contributed by atoms with E-state index >= 15 is 0 Å². The molecule has 0 fully saturated rings. The maximum atomic E-state index is 3.51. The van der Waals surface area contributed by atoms with Crippen LogP contribution in [0.15, 0.2) is 39.5 Å². The fraction of sp³-hybridized carbons (Fsp3) is 0.231. The lowest BCUT2D eigenvalue weighted by Gasteiger charge is -2.17. The summed E-state index contributed by atoms with van der Waals surface area (Å²) in [4.78, 5) is 0. The fourth-order valence-corrected chi connectivity index (χ4v) is 3.09. The Morgan fingerprint density at radius 1 is 1.31 bits per heavy atom. The smallest absolute Gasteiger partial charge is 0.0701 e. The van der Waals surface area contributed by atoms with E-state index in [1.165, 1.54) is 20.5 Å². The van der Waals surface area contributed by atoms with Gasteiger partial charge in [-0.15, -0.1) is 11.3 Å². The van der Waals surface area contributed by atoms with Crippen LogP contribution in [-0.4, -0.2) is 7.05 Å². The second-order valence-electron chi connectivity index (χ2n) is 3.76. The molecule has 2 rings (SSSR count). The van der Waals surface area contributed by atoms with Crippen molar-refractivity contribution >= 4 is 27.3 Å². The van der Waals surface area contributed by atoms with Crippen molar-refractivity contribution < 1.29 is 0 Å². The molecular weight excluding hydrogens is 282 g/mol. The zero-order chi connectivity index (χ0) is 11.5. The molecule has 1 unspecified atom stereocenters. The summed E-state index contributed by atoms with van der Waals surface area (Å²) < 4.78 is 1.18. The van der Waals surface area contributed by atoms with Crippen molar-refractivity contribution in [2.45, 2.75) is 13.0 Å². The molecule has 1 atom stereocenters. The first kappa shape index (κ1) is 11.8. The van der Waals surface area contributed by atoms with E-state index in [1.54, 1.807) is 11.3 Å². The largest absolute Gasteiger partial charge is 0.309 e. The van der Waals surface area contributed by atoms with Gasteiger partial charge in [-0.3, -0.25) is 0 Å². The third kappa shape index (κ3) is 2.37. The normalized spacial score (nSPS) is 12.7. The van der Waals surface area contributed by atoms with Crippen LogP contribution in [-0.2, 0) is 0 Å². The summed E-state index contributed by atoms with van der Waals surface area (Å²) in [5, 5.41) is 5.57. The second kappa shape index (κ2) is 5.13. The molecule has 0 aliphatic heterocycles. The molecule has 3 heteroatoms. The maximum absolute atomic E-state index is 3.51. The Morgan fingerprint density at radius 3 is 2.62 bits per heavy atom. The van der Waals surface area contributed by atoms with Gasteiger partial charge in [-0.05, 0) is 58.0 Å². The van der Waals surface area contributed by atoms with E-state index in [2.05, 4.69) is 63.9 Å². The van der Waals surface area contributed by atoms with Gasteiger partial charge in [0.1, 0.15) is 0 Å². The van der Waals surface area contributed by atoms with E-state index in [-0.39, 0.29) is 6.04 Å². The third-order valence-corrected chi connectivity index (χ3v) is 4.23. The number of hydrogen-bond acceptors (Lipinski definition) is 2. The third-order valence-electron chi connectivity index (χ3n) is 2.71. The number of hydrogen-bond donors (Lipinski definition) is 1. The van der Waals surface area contributed by atoms with Crippen molar-refractivity contribution in [3.63, 3.8) is 0 Å². The molecule has 84 valence electrons. The van der Waals surface area contributed by atoms with Crippen LogP contribution in [0.3, 0.4) is 0 Å². The van der Waals surface area contributed by atoms with Gasteiger partial charge in [-0.25, -0.2) is 0 Å². The minimum Gasteiger partial charge on any atom is -0.309 e. The average molecular weight is 296 g/mol. The molecule has 0 spiro atoms. The molecular formula is C13H14BrNS. The van der Waals surface area contributed by atoms with E-state index in [0.29, 0.717) is 0 Å². The highest BCUT2D eigenvalue weighted by molar-refractivity contribution is 9.11. The highest BCUT2D eigenvalue weighted by Gasteiger charge is 2.14. The quantitative estimate of drug-likeness (QED) is 0.898. The van der Waals surface area contributed by atoms with Gasteiger partial charge in [-0.1, -0.05) is 24.3 Å². The van der Waals surface area contributed by atoms with Gasteiger partial charge in [0.2, 0.25) is 0 Å². The lowest BCUT2D eigenvalue weighted by molar-refractivity contribution is 0.690. The highest BCUT2D eigenvalue weighted by Crippen LogP contribution is 2.30. The maximum Gasteiger partial charge on any atom is 0.0701 e. The molecule has 2 aromatic rings. The number of nitrogens with one attached hydrogen (secondary N) is 1. The summed E-state index contributed by atoms with van der Waals surface area (Å²) in [5.74, 6) is 0. The second-order valence-corrected chi connectivity index (χ2v) is 6.05. The first-order valence-corrected chi connectivity index (χ1v) is 6.86. The number of halogens is 1. The van der Waals surface area contributed by atoms with Crippen molar-refractivity contribution in [2.24, 2.45) is 0 Å². The van der Waals surface area contributed by atoms with Crippen LogP contribution >= 0.6 is 27.3 Å². The topological polar surface area (TPSA) is 12.0 Å². The molecule has 0 radical (unpaired) electrons. The number of aryl methyl sites for hydroxylation is 1. The van der Waals surface area contributed by atoms with Gasteiger partial charge < -0.3 is 5.32 Å². The Hall–Kier alpha value is -0.640. The Kier molecular flexibility index (Phi) is 3.79. The summed E-state index contributed by atoms with van der Waals surface area (Å²) in [6, 6.07) is 11.0. The average Bonchev–Trinajstić information content (AvgIpc) is 2.69. The Balaban J connectivity index is 2.40. The molecule has 0 saturated heterocycles. The van der Waals surface area contributed by atoms with Gasteiger partial charge in [0.25, 0.3) is 0 Å². The lowest BCUT2D eigenvalue weighted by Crippen LogP contribution is -2.17. The van der Waals surface area contributed by atoms with Crippen molar-refractivity contribution in [3.05, 3.63) is 56.2 Å². The van der Waals surface area contributed by atoms with E-state index < -0.39 is 0 Å². The van der Waals surface area contributed by atoms with Crippen LogP contribution in [0.5, 0.6) is 0 Å². The van der Waals surface area contributed by atoms with Crippen LogP contribution < -0.4 is 5.32 Å². The molecule has 1 aromatic heterocycles. The minimum absolute atomic E-state index is 0.281. The van der Waals surface area contributed by atoms with Crippen LogP contribution in [0.4, 0.5) is 0 Å². The van der Waals surface area contributed by atoms with Crippen molar-refractivity contribution in [2.75, 3.05) is 7.05 Å². The standard InChI is InChI=1S/C13H14BrNS/c1-9-5-3-4-6-11(9)13(15-2)10-7-12(14)16-8-10/h3-8,13,15H,1-2H3. The summed E-state index contributed by atoms with van der Waals surface area (Å²) in [6.07, 6.45) is 0. The Labute approximate surface area is 109 Å². The molecule has 0 bridgehead atoms. The summed E-state index contributed by atoms with van der Waals surface area (Å²) in [6.45, 7) is 2.15. The molecule has 0 aliphatic carbocycles. The molecule has 1 N–H and O–H groups in total. The molecule has 16 heavy (non-hydrogen) atoms. The predicted octanol–water partition coefficient (Wildman–Crippen LogP) is 4.13. The van der Waals surface area contributed by atoms with E-state index in [0.717, 1.165) is 0 Å². The zero-order valence-electron chi connectivity index (χ0n) is 9.33. The van der Waals surface area contributed by atoms with E-state index in [4.69, 9.17) is 0 Å². The SMILES string of the molecule is CNC(c1csc(Br)c1)c1ccccc1C. The number of rotatable bonds is 3. The molecule has 0 amide bonds. The summed E-state index contributed by atoms with van der Waals surface area (Å²) in [7, 11) is 2.00. The predicted molar refractivity (Wildman–Crippen MR) is 74.1 cm³/mol. The van der Waals surface area contributed by atoms with E-state index in [9.17, 15) is 0 Å². The summed E-state index contributed by atoms with van der Waals surface area (Å²) in [5.41, 5.74) is 3.98. The minimum atomic E-state index is 0.281. The molecule has 0 saturated carbocycles. The zero-order valence-corrected chi connectivity index (χ0v) is 11.7. The van der Waals surface area contributed by atoms with Crippen LogP contribution in [0.1, 0.15) is 22.7 Å². The van der Waals surface area contributed by atoms with Gasteiger partial charge in [0.05, 0.1) is 9.83 Å². The van der Waals surface area contributed by atoms with Crippen molar-refractivity contribution in [1.82, 2.24) is 5.32 Å².